The number of hydrogen-bond acceptors (Lipinski definition) is 1. The van der Waals surface area contributed by atoms with Gasteiger partial charge < -0.3 is 0 Å². The van der Waals surface area contributed by atoms with Crippen molar-refractivity contribution in [2.75, 3.05) is 0 Å². The molecule has 8 aromatic rings. The first kappa shape index (κ1) is 25.5. The van der Waals surface area contributed by atoms with E-state index in [1.807, 2.05) is 17.4 Å². The average Bonchev–Trinajstić information content (AvgIpc) is 3.44. The van der Waals surface area contributed by atoms with Gasteiger partial charge in [0.25, 0.3) is 0 Å². The lowest BCUT2D eigenvalue weighted by Crippen LogP contribution is -2.28. The first-order valence-corrected chi connectivity index (χ1v) is 15.4. The van der Waals surface area contributed by atoms with Crippen molar-refractivity contribution in [1.29, 1.82) is 0 Å². The number of rotatable bonds is 4. The van der Waals surface area contributed by atoms with Crippen molar-refractivity contribution in [2.24, 2.45) is 0 Å². The predicted molar refractivity (Wildman–Crippen MR) is 190 cm³/mol. The van der Waals surface area contributed by atoms with Crippen LogP contribution < -0.4 is 10.4 Å². The summed E-state index contributed by atoms with van der Waals surface area (Å²) in [6, 6.07) is 48.2. The quantitative estimate of drug-likeness (QED) is 0.199. The van der Waals surface area contributed by atoms with Crippen LogP contribution >= 0.6 is 11.3 Å². The molecule has 0 aliphatic rings. The summed E-state index contributed by atoms with van der Waals surface area (Å²) < 4.78 is 2.61. The van der Waals surface area contributed by atoms with Crippen LogP contribution in [0.5, 0.6) is 0 Å². The molecule has 0 spiro atoms. The van der Waals surface area contributed by atoms with Crippen LogP contribution in [-0.2, 0) is 0 Å². The second-order valence-corrected chi connectivity index (χ2v) is 12.0. The maximum atomic E-state index is 4.80. The molecule has 0 atom stereocenters. The highest BCUT2D eigenvalue weighted by atomic mass is 32.1. The maximum Gasteiger partial charge on any atom is 0.0434 e. The van der Waals surface area contributed by atoms with Gasteiger partial charge >= 0.3 is 0 Å². The lowest BCUT2D eigenvalue weighted by Gasteiger charge is -2.18. The zero-order valence-electron chi connectivity index (χ0n) is 23.7. The number of benzene rings is 7. The Hall–Kier alpha value is -5.24. The Bertz CT molecular complexity index is 2490. The normalized spacial score (nSPS) is 12.0. The van der Waals surface area contributed by atoms with Crippen molar-refractivity contribution in [3.05, 3.63) is 157 Å². The molecule has 202 valence electrons. The van der Waals surface area contributed by atoms with Crippen LogP contribution in [0.2, 0.25) is 0 Å². The highest BCUT2D eigenvalue weighted by Gasteiger charge is 2.19. The van der Waals surface area contributed by atoms with Gasteiger partial charge in [-0.25, -0.2) is 0 Å². The molecule has 0 radical (unpaired) electrons. The maximum absolute atomic E-state index is 4.80. The lowest BCUT2D eigenvalue weighted by molar-refractivity contribution is 1.54. The molecular formula is C42H28S. The van der Waals surface area contributed by atoms with Crippen LogP contribution in [-0.4, -0.2) is 0 Å². The smallest absolute Gasteiger partial charge is 0.0434 e. The summed E-state index contributed by atoms with van der Waals surface area (Å²) in [6.45, 7) is 8.93. The molecule has 0 saturated carbocycles. The van der Waals surface area contributed by atoms with E-state index in [2.05, 4.69) is 146 Å². The molecule has 0 aliphatic heterocycles. The number of hydrogen-bond donors (Lipinski definition) is 0. The third kappa shape index (κ3) is 3.97. The third-order valence-corrected chi connectivity index (χ3v) is 9.82. The van der Waals surface area contributed by atoms with Crippen LogP contribution in [0, 0.1) is 0 Å². The number of fused-ring (bicyclic) bond motifs is 5. The SMILES string of the molecule is C=C/C=c1/c(-c2cccc3c2sc2ccccc23)c2ccccc2c(-c2ccccc2-c2cccc3ccccc23)c1=C. The van der Waals surface area contributed by atoms with E-state index in [0.29, 0.717) is 0 Å². The molecule has 8 rings (SSSR count). The molecule has 0 nitrogen and oxygen atoms in total. The van der Waals surface area contributed by atoms with Gasteiger partial charge in [0, 0.05) is 25.7 Å². The highest BCUT2D eigenvalue weighted by molar-refractivity contribution is 7.26. The van der Waals surface area contributed by atoms with E-state index in [-0.39, 0.29) is 0 Å². The lowest BCUT2D eigenvalue weighted by atomic mass is 9.85. The number of thiophene rings is 1. The summed E-state index contributed by atoms with van der Waals surface area (Å²) in [5.74, 6) is 0. The van der Waals surface area contributed by atoms with E-state index in [1.165, 1.54) is 75.1 Å². The minimum atomic E-state index is 1.01. The minimum absolute atomic E-state index is 1.01. The second kappa shape index (κ2) is 10.2. The molecule has 0 amide bonds. The van der Waals surface area contributed by atoms with Gasteiger partial charge in [-0.15, -0.1) is 11.3 Å². The van der Waals surface area contributed by atoms with Gasteiger partial charge in [-0.05, 0) is 65.9 Å². The zero-order valence-corrected chi connectivity index (χ0v) is 24.5. The molecule has 0 N–H and O–H groups in total. The largest absolute Gasteiger partial charge is 0.135 e. The second-order valence-electron chi connectivity index (χ2n) is 10.9. The summed E-state index contributed by atoms with van der Waals surface area (Å²) in [5, 5.41) is 9.63. The Kier molecular flexibility index (Phi) is 6.06. The summed E-state index contributed by atoms with van der Waals surface area (Å²) >= 11 is 1.87. The van der Waals surface area contributed by atoms with Crippen molar-refractivity contribution in [2.45, 2.75) is 0 Å². The Morgan fingerprint density at radius 3 is 1.84 bits per heavy atom. The van der Waals surface area contributed by atoms with Crippen LogP contribution in [0.4, 0.5) is 0 Å². The summed E-state index contributed by atoms with van der Waals surface area (Å²) in [6.07, 6.45) is 4.04. The standard InChI is InChI=1S/C42H28S/c1-3-14-29-27(2)40(34-20-7-6-18-32(34)31-23-12-16-28-15-4-5-17-30(28)31)35-21-8-9-22-36(35)41(29)38-25-13-24-37-33-19-10-11-26-39(33)43-42(37)38/h3-26H,1-2H2/b29-14+. The van der Waals surface area contributed by atoms with Crippen molar-refractivity contribution in [3.63, 3.8) is 0 Å². The minimum Gasteiger partial charge on any atom is -0.135 e. The summed E-state index contributed by atoms with van der Waals surface area (Å²) in [5.41, 5.74) is 7.24. The predicted octanol–water partition coefficient (Wildman–Crippen LogP) is 10.7. The van der Waals surface area contributed by atoms with E-state index in [0.717, 1.165) is 10.4 Å². The Morgan fingerprint density at radius 2 is 1.02 bits per heavy atom. The van der Waals surface area contributed by atoms with Gasteiger partial charge in [0.1, 0.15) is 0 Å². The molecule has 43 heavy (non-hydrogen) atoms. The Labute approximate surface area is 254 Å². The van der Waals surface area contributed by atoms with E-state index in [9.17, 15) is 0 Å². The average molecular weight is 565 g/mol. The highest BCUT2D eigenvalue weighted by Crippen LogP contribution is 2.42. The summed E-state index contributed by atoms with van der Waals surface area (Å²) in [4.78, 5) is 0. The fourth-order valence-corrected chi connectivity index (χ4v) is 7.97. The van der Waals surface area contributed by atoms with E-state index in [4.69, 9.17) is 6.58 Å². The summed E-state index contributed by atoms with van der Waals surface area (Å²) in [7, 11) is 0. The van der Waals surface area contributed by atoms with Crippen LogP contribution in [0.3, 0.4) is 0 Å². The molecule has 0 bridgehead atoms. The molecule has 0 aliphatic carbocycles. The molecule has 0 unspecified atom stereocenters. The van der Waals surface area contributed by atoms with Gasteiger partial charge in [-0.1, -0.05) is 153 Å². The molecular weight excluding hydrogens is 537 g/mol. The molecule has 1 heteroatoms. The van der Waals surface area contributed by atoms with Gasteiger partial charge in [-0.2, -0.15) is 0 Å². The molecule has 1 aromatic heterocycles. The van der Waals surface area contributed by atoms with Crippen LogP contribution in [0.1, 0.15) is 0 Å². The molecule has 1 heterocycles. The van der Waals surface area contributed by atoms with E-state index < -0.39 is 0 Å². The first-order chi connectivity index (χ1) is 21.2. The Balaban J connectivity index is 1.50. The van der Waals surface area contributed by atoms with Crippen molar-refractivity contribution < 1.29 is 0 Å². The third-order valence-electron chi connectivity index (χ3n) is 8.60. The van der Waals surface area contributed by atoms with Gasteiger partial charge in [0.05, 0.1) is 0 Å². The molecule has 7 aromatic carbocycles. The topological polar surface area (TPSA) is 0 Å². The van der Waals surface area contributed by atoms with Crippen LogP contribution in [0.15, 0.2) is 146 Å². The Morgan fingerprint density at radius 1 is 0.465 bits per heavy atom. The van der Waals surface area contributed by atoms with Gasteiger partial charge in [0.2, 0.25) is 0 Å². The van der Waals surface area contributed by atoms with Crippen molar-refractivity contribution in [3.8, 4) is 33.4 Å². The van der Waals surface area contributed by atoms with Gasteiger partial charge in [0.15, 0.2) is 0 Å². The fraction of sp³-hybridized carbons (Fsp3) is 0. The van der Waals surface area contributed by atoms with Crippen molar-refractivity contribution >= 4 is 65.7 Å². The number of allylic oxidation sites excluding steroid dienone is 1. The van der Waals surface area contributed by atoms with E-state index in [1.54, 1.807) is 0 Å². The van der Waals surface area contributed by atoms with E-state index >= 15 is 0 Å². The molecule has 0 saturated heterocycles. The van der Waals surface area contributed by atoms with Crippen LogP contribution in [0.25, 0.3) is 87.8 Å². The fourth-order valence-electron chi connectivity index (χ4n) is 6.75. The first-order valence-electron chi connectivity index (χ1n) is 14.6. The molecule has 0 fully saturated rings. The van der Waals surface area contributed by atoms with Crippen molar-refractivity contribution in [1.82, 2.24) is 0 Å². The zero-order chi connectivity index (χ0) is 28.9. The van der Waals surface area contributed by atoms with Gasteiger partial charge in [-0.3, -0.25) is 0 Å². The monoisotopic (exact) mass is 564 g/mol.